The van der Waals surface area contributed by atoms with Crippen LogP contribution < -0.4 is 10.2 Å². The first-order valence-electron chi connectivity index (χ1n) is 14.5. The van der Waals surface area contributed by atoms with Crippen LogP contribution in [0.25, 0.3) is 32.9 Å². The van der Waals surface area contributed by atoms with Crippen LogP contribution in [0.2, 0.25) is 0 Å². The number of fused-ring (bicyclic) bond motifs is 6. The molecule has 40 heavy (non-hydrogen) atoms. The number of amides is 1. The number of carbonyl (C=O) groups is 1. The first-order valence-corrected chi connectivity index (χ1v) is 14.5. The summed E-state index contributed by atoms with van der Waals surface area (Å²) in [5.74, 6) is 1.96. The van der Waals surface area contributed by atoms with Crippen molar-refractivity contribution in [1.29, 1.82) is 0 Å². The summed E-state index contributed by atoms with van der Waals surface area (Å²) in [5, 5.41) is 2.17. The van der Waals surface area contributed by atoms with Crippen molar-refractivity contribution >= 4 is 40.3 Å². The molecule has 1 N–H and O–H groups in total. The maximum atomic E-state index is 12.7. The van der Waals surface area contributed by atoms with Crippen molar-refractivity contribution in [2.75, 3.05) is 6.54 Å². The number of carbonyl (C=O) groups excluding carboxylic acids is 1. The van der Waals surface area contributed by atoms with Crippen LogP contribution in [-0.4, -0.2) is 45.6 Å². The van der Waals surface area contributed by atoms with E-state index < -0.39 is 7.12 Å². The number of nitrogens with one attached hydrogen (secondary N) is 1. The summed E-state index contributed by atoms with van der Waals surface area (Å²) in [6.45, 7) is 11.6. The lowest BCUT2D eigenvalue weighted by atomic mass is 9.77. The van der Waals surface area contributed by atoms with Crippen LogP contribution in [0.1, 0.15) is 77.7 Å². The molecule has 206 valence electrons. The Kier molecular flexibility index (Phi) is 5.81. The molecule has 1 aromatic heterocycles. The second-order valence-corrected chi connectivity index (χ2v) is 12.4. The molecule has 1 atom stereocenters. The lowest BCUT2D eigenvalue weighted by molar-refractivity contribution is -0.132. The van der Waals surface area contributed by atoms with Gasteiger partial charge in [0.2, 0.25) is 5.91 Å². The molecule has 7 nitrogen and oxygen atoms in total. The second kappa shape index (κ2) is 9.08. The molecule has 4 aromatic rings. The largest absolute Gasteiger partial charge is 0.494 e. The summed E-state index contributed by atoms with van der Waals surface area (Å²) in [6.07, 6.45) is 3.40. The van der Waals surface area contributed by atoms with Gasteiger partial charge >= 0.3 is 7.12 Å². The molecule has 3 aromatic carbocycles. The number of rotatable bonds is 4. The summed E-state index contributed by atoms with van der Waals surface area (Å²) in [5.41, 5.74) is 5.53. The van der Waals surface area contributed by atoms with Crippen molar-refractivity contribution in [3.05, 3.63) is 53.9 Å². The molecule has 8 heteroatoms. The van der Waals surface area contributed by atoms with Crippen molar-refractivity contribution in [1.82, 2.24) is 14.9 Å². The molecule has 7 rings (SSSR count). The predicted octanol–water partition coefficient (Wildman–Crippen LogP) is 6.04. The van der Waals surface area contributed by atoms with Crippen LogP contribution in [0.4, 0.5) is 0 Å². The van der Waals surface area contributed by atoms with Gasteiger partial charge in [-0.05, 0) is 87.1 Å². The van der Waals surface area contributed by atoms with Crippen molar-refractivity contribution in [2.24, 2.45) is 0 Å². The molecule has 4 heterocycles. The number of ether oxygens (including phenoxy) is 1. The van der Waals surface area contributed by atoms with E-state index in [1.165, 1.54) is 5.56 Å². The normalized spacial score (nSPS) is 21.1. The van der Waals surface area contributed by atoms with Gasteiger partial charge in [-0.25, -0.2) is 4.98 Å². The Labute approximate surface area is 235 Å². The third kappa shape index (κ3) is 3.95. The second-order valence-electron chi connectivity index (χ2n) is 12.4. The quantitative estimate of drug-likeness (QED) is 0.322. The van der Waals surface area contributed by atoms with Gasteiger partial charge in [0.1, 0.15) is 18.2 Å². The van der Waals surface area contributed by atoms with Crippen molar-refractivity contribution in [3.8, 4) is 16.9 Å². The van der Waals surface area contributed by atoms with E-state index in [4.69, 9.17) is 19.0 Å². The van der Waals surface area contributed by atoms with E-state index in [0.717, 1.165) is 75.8 Å². The summed E-state index contributed by atoms with van der Waals surface area (Å²) in [6, 6.07) is 15.0. The summed E-state index contributed by atoms with van der Waals surface area (Å²) >= 11 is 0. The Bertz CT molecular complexity index is 1640. The fourth-order valence-electron chi connectivity index (χ4n) is 6.32. The molecule has 3 aliphatic heterocycles. The third-order valence-corrected chi connectivity index (χ3v) is 9.27. The van der Waals surface area contributed by atoms with Crippen LogP contribution in [0.15, 0.2) is 42.5 Å². The number of imidazole rings is 1. The summed E-state index contributed by atoms with van der Waals surface area (Å²) in [4.78, 5) is 23.3. The van der Waals surface area contributed by atoms with Crippen molar-refractivity contribution < 1.29 is 18.8 Å². The molecule has 0 radical (unpaired) electrons. The molecular weight excluding hydrogens is 501 g/mol. The Balaban J connectivity index is 1.23. The van der Waals surface area contributed by atoms with Gasteiger partial charge < -0.3 is 23.9 Å². The smallest absolute Gasteiger partial charge is 0.488 e. The van der Waals surface area contributed by atoms with Gasteiger partial charge in [-0.2, -0.15) is 0 Å². The Morgan fingerprint density at radius 3 is 2.65 bits per heavy atom. The number of hydrogen-bond donors (Lipinski definition) is 1. The van der Waals surface area contributed by atoms with Crippen molar-refractivity contribution in [3.63, 3.8) is 0 Å². The van der Waals surface area contributed by atoms with Crippen LogP contribution in [-0.2, 0) is 20.7 Å². The molecule has 3 aliphatic rings. The van der Waals surface area contributed by atoms with Gasteiger partial charge in [0, 0.05) is 23.9 Å². The average molecular weight is 537 g/mol. The maximum absolute atomic E-state index is 12.7. The number of benzene rings is 3. The van der Waals surface area contributed by atoms with Gasteiger partial charge in [0.15, 0.2) is 0 Å². The first-order chi connectivity index (χ1) is 19.1. The number of nitrogens with zero attached hydrogens (tertiary/aromatic N) is 2. The van der Waals surface area contributed by atoms with E-state index in [0.29, 0.717) is 13.0 Å². The van der Waals surface area contributed by atoms with E-state index in [-0.39, 0.29) is 23.2 Å². The van der Waals surface area contributed by atoms with Gasteiger partial charge in [-0.3, -0.25) is 4.79 Å². The Hall–Kier alpha value is -3.36. The zero-order valence-corrected chi connectivity index (χ0v) is 24.0. The van der Waals surface area contributed by atoms with Gasteiger partial charge in [-0.15, -0.1) is 0 Å². The lowest BCUT2D eigenvalue weighted by Gasteiger charge is -2.32. The topological polar surface area (TPSA) is 76.7 Å². The SMILES string of the molecule is CCCC(=O)N1CCCC1c1nc2c(ccc3cc4c(cc32)OCc2cc(B3OC(C)(C)C(C)(C)O3)ccc2-4)[nH]1. The number of aromatic nitrogens is 2. The highest BCUT2D eigenvalue weighted by Crippen LogP contribution is 2.42. The zero-order chi connectivity index (χ0) is 27.8. The molecular formula is C32H36BN3O4. The Morgan fingerprint density at radius 2 is 1.88 bits per heavy atom. The minimum atomic E-state index is -0.400. The highest BCUT2D eigenvalue weighted by Gasteiger charge is 2.51. The molecule has 1 amide bonds. The highest BCUT2D eigenvalue weighted by molar-refractivity contribution is 6.62. The molecule has 0 spiro atoms. The predicted molar refractivity (Wildman–Crippen MR) is 158 cm³/mol. The van der Waals surface area contributed by atoms with Crippen LogP contribution in [0.5, 0.6) is 5.75 Å². The number of hydrogen-bond acceptors (Lipinski definition) is 5. The van der Waals surface area contributed by atoms with E-state index >= 15 is 0 Å². The number of aromatic amines is 1. The molecule has 0 bridgehead atoms. The van der Waals surface area contributed by atoms with E-state index in [2.05, 4.69) is 82.1 Å². The maximum Gasteiger partial charge on any atom is 0.494 e. The number of H-pyrrole nitrogens is 1. The fourth-order valence-corrected chi connectivity index (χ4v) is 6.32. The monoisotopic (exact) mass is 537 g/mol. The molecule has 2 saturated heterocycles. The van der Waals surface area contributed by atoms with Crippen LogP contribution in [0, 0.1) is 0 Å². The van der Waals surface area contributed by atoms with Crippen LogP contribution >= 0.6 is 0 Å². The number of likely N-dealkylation sites (tertiary alicyclic amines) is 1. The zero-order valence-electron chi connectivity index (χ0n) is 24.0. The van der Waals surface area contributed by atoms with Gasteiger partial charge in [0.25, 0.3) is 0 Å². The minimum absolute atomic E-state index is 0.0143. The third-order valence-electron chi connectivity index (χ3n) is 9.27. The lowest BCUT2D eigenvalue weighted by Crippen LogP contribution is -2.41. The standard InChI is InChI=1S/C32H36BN3O4/c1-6-8-28(37)36-14-7-9-26(36)30-34-25-13-10-19-16-24-22-12-11-21(33-39-31(2,3)32(4,5)40-33)15-20(22)18-38-27(24)17-23(19)29(25)35-30/h10-13,15-17,26H,6-9,14,18H2,1-5H3,(H,34,35). The minimum Gasteiger partial charge on any atom is -0.488 e. The average Bonchev–Trinajstić information content (AvgIpc) is 3.63. The fraction of sp³-hybridized carbons (Fsp3) is 0.438. The van der Waals surface area contributed by atoms with Crippen molar-refractivity contribution in [2.45, 2.75) is 84.2 Å². The summed E-state index contributed by atoms with van der Waals surface area (Å²) in [7, 11) is -0.400. The van der Waals surface area contributed by atoms with Gasteiger partial charge in [-0.1, -0.05) is 31.2 Å². The van der Waals surface area contributed by atoms with E-state index in [1.807, 2.05) is 4.90 Å². The first kappa shape index (κ1) is 25.6. The summed E-state index contributed by atoms with van der Waals surface area (Å²) < 4.78 is 18.9. The molecule has 2 fully saturated rings. The van der Waals surface area contributed by atoms with Crippen LogP contribution in [0.3, 0.4) is 0 Å². The van der Waals surface area contributed by atoms with Gasteiger partial charge in [0.05, 0.1) is 28.3 Å². The van der Waals surface area contributed by atoms with E-state index in [9.17, 15) is 4.79 Å². The molecule has 0 aliphatic carbocycles. The highest BCUT2D eigenvalue weighted by atomic mass is 16.7. The van der Waals surface area contributed by atoms with E-state index in [1.54, 1.807) is 0 Å². The molecule has 1 unspecified atom stereocenters. The molecule has 0 saturated carbocycles. The Morgan fingerprint density at radius 1 is 1.07 bits per heavy atom.